The number of nitrogen functional groups attached to an aromatic ring is 1. The number of hydrogen-bond donors (Lipinski definition) is 2. The number of halogens is 1. The summed E-state index contributed by atoms with van der Waals surface area (Å²) in [6.45, 7) is 5.85. The maximum atomic E-state index is 14.9. The van der Waals surface area contributed by atoms with Crippen molar-refractivity contribution in [1.29, 1.82) is 0 Å². The van der Waals surface area contributed by atoms with Crippen LogP contribution in [0.3, 0.4) is 0 Å². The molecule has 32 heavy (non-hydrogen) atoms. The lowest BCUT2D eigenvalue weighted by molar-refractivity contribution is -0.113. The zero-order chi connectivity index (χ0) is 22.5. The molecule has 3 heterocycles. The molecule has 0 aliphatic carbocycles. The molecule has 0 radical (unpaired) electrons. The van der Waals surface area contributed by atoms with Gasteiger partial charge in [0.25, 0.3) is 0 Å². The van der Waals surface area contributed by atoms with Crippen LogP contribution >= 0.6 is 0 Å². The fourth-order valence-electron chi connectivity index (χ4n) is 4.23. The zero-order valence-corrected chi connectivity index (χ0v) is 18.4. The molecule has 2 aliphatic rings. The topological polar surface area (TPSA) is 99.7 Å². The first-order chi connectivity index (χ1) is 15.6. The molecule has 0 bridgehead atoms. The molecule has 0 saturated carbocycles. The quantitative estimate of drug-likeness (QED) is 0.457. The minimum absolute atomic E-state index is 0.118. The van der Waals surface area contributed by atoms with Crippen molar-refractivity contribution in [1.82, 2.24) is 19.9 Å². The van der Waals surface area contributed by atoms with E-state index in [2.05, 4.69) is 32.2 Å². The van der Waals surface area contributed by atoms with Crippen LogP contribution in [0.5, 0.6) is 0 Å². The van der Waals surface area contributed by atoms with Gasteiger partial charge in [-0.25, -0.2) is 9.37 Å². The highest BCUT2D eigenvalue weighted by atomic mass is 19.1. The fraction of sp³-hybridized carbons (Fsp3) is 0.478. The molecule has 9 heteroatoms. The molecular formula is C23H30FN7O. The SMILES string of the molecule is CCCCNc1nc(N)nc2c1C(C=O)N(Cc1ccc(CN3CCCC3)cc1F)N=C2. The van der Waals surface area contributed by atoms with E-state index in [1.807, 2.05) is 6.07 Å². The maximum Gasteiger partial charge on any atom is 0.222 e. The summed E-state index contributed by atoms with van der Waals surface area (Å²) in [6.07, 6.45) is 6.72. The van der Waals surface area contributed by atoms with Gasteiger partial charge in [0.05, 0.1) is 24.0 Å². The van der Waals surface area contributed by atoms with Crippen molar-refractivity contribution >= 4 is 24.3 Å². The Morgan fingerprint density at radius 2 is 2.06 bits per heavy atom. The number of unbranched alkanes of at least 4 members (excludes halogenated alkanes) is 1. The number of nitrogens with zero attached hydrogens (tertiary/aromatic N) is 5. The van der Waals surface area contributed by atoms with Gasteiger partial charge in [-0.3, -0.25) is 9.91 Å². The number of likely N-dealkylation sites (tertiary alicyclic amines) is 1. The standard InChI is InChI=1S/C23H30FN7O/c1-2-3-8-26-22-21-19(28-23(25)29-22)12-27-31(20(21)15-32)14-17-7-6-16(11-18(17)24)13-30-9-4-5-10-30/h6-7,11-12,15,20H,2-5,8-10,13-14H2,1H3,(H3,25,26,28,29). The van der Waals surface area contributed by atoms with Gasteiger partial charge in [-0.1, -0.05) is 25.5 Å². The maximum absolute atomic E-state index is 14.9. The summed E-state index contributed by atoms with van der Waals surface area (Å²) in [7, 11) is 0. The Labute approximate surface area is 187 Å². The molecule has 0 amide bonds. The summed E-state index contributed by atoms with van der Waals surface area (Å²) in [5.74, 6) is 0.352. The predicted octanol–water partition coefficient (Wildman–Crippen LogP) is 3.10. The molecule has 0 spiro atoms. The van der Waals surface area contributed by atoms with Gasteiger partial charge in [-0.05, 0) is 44.0 Å². The van der Waals surface area contributed by atoms with Crippen LogP contribution in [-0.4, -0.2) is 52.0 Å². The summed E-state index contributed by atoms with van der Waals surface area (Å²) in [6, 6.07) is 4.60. The average molecular weight is 440 g/mol. The number of benzene rings is 1. The van der Waals surface area contributed by atoms with Gasteiger partial charge >= 0.3 is 0 Å². The normalized spacial score (nSPS) is 18.1. The molecule has 1 aromatic carbocycles. The Bertz CT molecular complexity index is 991. The van der Waals surface area contributed by atoms with Crippen LogP contribution < -0.4 is 11.1 Å². The van der Waals surface area contributed by atoms with Crippen molar-refractivity contribution in [3.8, 4) is 0 Å². The molecule has 1 atom stereocenters. The van der Waals surface area contributed by atoms with Crippen LogP contribution in [-0.2, 0) is 17.9 Å². The van der Waals surface area contributed by atoms with Crippen LogP contribution in [0, 0.1) is 5.82 Å². The van der Waals surface area contributed by atoms with Gasteiger partial charge in [0.1, 0.15) is 24.0 Å². The average Bonchev–Trinajstić information content (AvgIpc) is 3.28. The van der Waals surface area contributed by atoms with E-state index in [0.29, 0.717) is 29.2 Å². The lowest BCUT2D eigenvalue weighted by Gasteiger charge is -2.31. The largest absolute Gasteiger partial charge is 0.370 e. The minimum Gasteiger partial charge on any atom is -0.370 e. The van der Waals surface area contributed by atoms with E-state index >= 15 is 0 Å². The second kappa shape index (κ2) is 10.0. The monoisotopic (exact) mass is 439 g/mol. The van der Waals surface area contributed by atoms with Crippen molar-refractivity contribution in [3.63, 3.8) is 0 Å². The number of anilines is 2. The van der Waals surface area contributed by atoms with E-state index < -0.39 is 6.04 Å². The molecule has 1 saturated heterocycles. The van der Waals surface area contributed by atoms with Crippen molar-refractivity contribution in [3.05, 3.63) is 46.4 Å². The first-order valence-electron chi connectivity index (χ1n) is 11.3. The zero-order valence-electron chi connectivity index (χ0n) is 18.4. The molecule has 1 fully saturated rings. The lowest BCUT2D eigenvalue weighted by atomic mass is 10.0. The Hall–Kier alpha value is -3.07. The highest BCUT2D eigenvalue weighted by Crippen LogP contribution is 2.32. The van der Waals surface area contributed by atoms with E-state index in [1.54, 1.807) is 23.4 Å². The van der Waals surface area contributed by atoms with Crippen LogP contribution in [0.4, 0.5) is 16.2 Å². The van der Waals surface area contributed by atoms with Gasteiger partial charge in [0.15, 0.2) is 0 Å². The molecule has 8 nitrogen and oxygen atoms in total. The molecule has 2 aliphatic heterocycles. The molecule has 170 valence electrons. The number of hydrogen-bond acceptors (Lipinski definition) is 8. The molecule has 3 N–H and O–H groups in total. The molecule has 4 rings (SSSR count). The first-order valence-corrected chi connectivity index (χ1v) is 11.3. The highest BCUT2D eigenvalue weighted by molar-refractivity contribution is 5.86. The molecule has 1 unspecified atom stereocenters. The number of hydrazone groups is 1. The fourth-order valence-corrected chi connectivity index (χ4v) is 4.23. The number of aromatic nitrogens is 2. The Balaban J connectivity index is 1.54. The van der Waals surface area contributed by atoms with Crippen molar-refractivity contribution in [2.45, 2.75) is 51.7 Å². The molecule has 1 aromatic heterocycles. The third-order valence-corrected chi connectivity index (χ3v) is 5.94. The van der Waals surface area contributed by atoms with Crippen LogP contribution in [0.15, 0.2) is 23.3 Å². The number of nitrogens with one attached hydrogen (secondary N) is 1. The summed E-state index contributed by atoms with van der Waals surface area (Å²) < 4.78 is 14.9. The number of carbonyl (C=O) groups excluding carboxylic acids is 1. The summed E-state index contributed by atoms with van der Waals surface area (Å²) in [5.41, 5.74) is 8.41. The van der Waals surface area contributed by atoms with Gasteiger partial charge in [-0.2, -0.15) is 10.1 Å². The highest BCUT2D eigenvalue weighted by Gasteiger charge is 2.30. The van der Waals surface area contributed by atoms with Crippen molar-refractivity contribution in [2.24, 2.45) is 5.10 Å². The number of carbonyl (C=O) groups is 1. The van der Waals surface area contributed by atoms with Gasteiger partial charge < -0.3 is 15.8 Å². The molecule has 2 aromatic rings. The Kier molecular flexibility index (Phi) is 6.94. The van der Waals surface area contributed by atoms with E-state index in [-0.39, 0.29) is 18.3 Å². The summed E-state index contributed by atoms with van der Waals surface area (Å²) >= 11 is 0. The second-order valence-corrected chi connectivity index (χ2v) is 8.34. The number of nitrogens with two attached hydrogens (primary N) is 1. The van der Waals surface area contributed by atoms with E-state index in [0.717, 1.165) is 44.3 Å². The first kappa shape index (κ1) is 22.1. The number of fused-ring (bicyclic) bond motifs is 1. The number of aldehydes is 1. The minimum atomic E-state index is -0.733. The second-order valence-electron chi connectivity index (χ2n) is 8.34. The van der Waals surface area contributed by atoms with Gasteiger partial charge in [-0.15, -0.1) is 0 Å². The van der Waals surface area contributed by atoms with Crippen molar-refractivity contribution in [2.75, 3.05) is 30.7 Å². The summed E-state index contributed by atoms with van der Waals surface area (Å²) in [4.78, 5) is 23.0. The number of rotatable bonds is 9. The van der Waals surface area contributed by atoms with Gasteiger partial charge in [0.2, 0.25) is 5.95 Å². The lowest BCUT2D eigenvalue weighted by Crippen LogP contribution is -2.31. The Morgan fingerprint density at radius 3 is 2.78 bits per heavy atom. The van der Waals surface area contributed by atoms with Crippen LogP contribution in [0.2, 0.25) is 0 Å². The smallest absolute Gasteiger partial charge is 0.222 e. The van der Waals surface area contributed by atoms with Crippen LogP contribution in [0.1, 0.15) is 61.0 Å². The van der Waals surface area contributed by atoms with Gasteiger partial charge in [0, 0.05) is 18.7 Å². The van der Waals surface area contributed by atoms with E-state index in [1.165, 1.54) is 12.8 Å². The molecular weight excluding hydrogens is 409 g/mol. The van der Waals surface area contributed by atoms with Crippen LogP contribution in [0.25, 0.3) is 0 Å². The Morgan fingerprint density at radius 1 is 1.25 bits per heavy atom. The van der Waals surface area contributed by atoms with E-state index in [4.69, 9.17) is 5.73 Å². The third-order valence-electron chi connectivity index (χ3n) is 5.94. The summed E-state index contributed by atoms with van der Waals surface area (Å²) in [5, 5.41) is 9.20. The van der Waals surface area contributed by atoms with E-state index in [9.17, 15) is 9.18 Å². The van der Waals surface area contributed by atoms with Crippen molar-refractivity contribution < 1.29 is 9.18 Å². The third kappa shape index (κ3) is 4.88. The predicted molar refractivity (Wildman–Crippen MR) is 123 cm³/mol.